The number of carbonyl (C=O) groups excluding carboxylic acids is 1. The van der Waals surface area contributed by atoms with Crippen LogP contribution in [0.25, 0.3) is 0 Å². The highest BCUT2D eigenvalue weighted by Crippen LogP contribution is 2.48. The van der Waals surface area contributed by atoms with Crippen LogP contribution in [-0.2, 0) is 11.2 Å². The average Bonchev–Trinajstić information content (AvgIpc) is 3.38. The van der Waals surface area contributed by atoms with Crippen LogP contribution in [0.1, 0.15) is 62.1 Å². The maximum absolute atomic E-state index is 13.1. The second kappa shape index (κ2) is 7.38. The quantitative estimate of drug-likeness (QED) is 0.724. The van der Waals surface area contributed by atoms with E-state index in [4.69, 9.17) is 0 Å². The Labute approximate surface area is 149 Å². The van der Waals surface area contributed by atoms with Gasteiger partial charge in [0.15, 0.2) is 0 Å². The van der Waals surface area contributed by atoms with E-state index in [1.165, 1.54) is 23.3 Å². The first-order chi connectivity index (χ1) is 12.0. The molecule has 0 aromatic heterocycles. The van der Waals surface area contributed by atoms with Gasteiger partial charge in [0, 0.05) is 11.6 Å². The SMILES string of the molecule is CCCc1cccc(C(C)C)c1NC(=O)[C@@H]1C[C@H]1c1ccc(F)cc1. The van der Waals surface area contributed by atoms with Gasteiger partial charge in [-0.3, -0.25) is 4.79 Å². The monoisotopic (exact) mass is 339 g/mol. The molecular formula is C22H26FNO. The number of halogens is 1. The minimum Gasteiger partial charge on any atom is -0.325 e. The molecule has 1 aliphatic rings. The first-order valence-corrected chi connectivity index (χ1v) is 9.19. The third-order valence-corrected chi connectivity index (χ3v) is 5.00. The topological polar surface area (TPSA) is 29.1 Å². The summed E-state index contributed by atoms with van der Waals surface area (Å²) in [7, 11) is 0. The molecule has 0 heterocycles. The molecule has 0 spiro atoms. The van der Waals surface area contributed by atoms with E-state index in [-0.39, 0.29) is 23.6 Å². The molecular weight excluding hydrogens is 313 g/mol. The maximum atomic E-state index is 13.1. The van der Waals surface area contributed by atoms with Gasteiger partial charge in [-0.1, -0.05) is 57.5 Å². The smallest absolute Gasteiger partial charge is 0.228 e. The van der Waals surface area contributed by atoms with Gasteiger partial charge < -0.3 is 5.32 Å². The third-order valence-electron chi connectivity index (χ3n) is 5.00. The Bertz CT molecular complexity index is 751. The standard InChI is InChI=1S/C22H26FNO/c1-4-6-16-7-5-8-18(14(2)3)21(16)24-22(25)20-13-19(20)15-9-11-17(23)12-10-15/h5,7-12,14,19-20H,4,6,13H2,1-3H3,(H,24,25)/t19-,20+/m0/s1. The minimum absolute atomic E-state index is 0.0137. The molecule has 2 aromatic rings. The van der Waals surface area contributed by atoms with Crippen molar-refractivity contribution in [2.45, 2.75) is 51.9 Å². The molecule has 0 aliphatic heterocycles. The van der Waals surface area contributed by atoms with Gasteiger partial charge in [0.05, 0.1) is 0 Å². The van der Waals surface area contributed by atoms with E-state index in [9.17, 15) is 9.18 Å². The number of anilines is 1. The minimum atomic E-state index is -0.236. The van der Waals surface area contributed by atoms with Gasteiger partial charge in [0.2, 0.25) is 5.91 Å². The van der Waals surface area contributed by atoms with Crippen LogP contribution >= 0.6 is 0 Å². The summed E-state index contributed by atoms with van der Waals surface area (Å²) in [5.74, 6) is 0.404. The van der Waals surface area contributed by atoms with Crippen LogP contribution in [0.5, 0.6) is 0 Å². The molecule has 1 aliphatic carbocycles. The molecule has 0 bridgehead atoms. The zero-order valence-electron chi connectivity index (χ0n) is 15.2. The van der Waals surface area contributed by atoms with E-state index in [0.29, 0.717) is 5.92 Å². The summed E-state index contributed by atoms with van der Waals surface area (Å²) in [5.41, 5.74) is 4.45. The van der Waals surface area contributed by atoms with E-state index in [1.54, 1.807) is 12.1 Å². The third kappa shape index (κ3) is 3.92. The fourth-order valence-electron chi connectivity index (χ4n) is 3.51. The van der Waals surface area contributed by atoms with Crippen molar-refractivity contribution in [1.82, 2.24) is 0 Å². The van der Waals surface area contributed by atoms with E-state index >= 15 is 0 Å². The largest absolute Gasteiger partial charge is 0.325 e. The Morgan fingerprint density at radius 1 is 1.20 bits per heavy atom. The average molecular weight is 339 g/mol. The van der Waals surface area contributed by atoms with Gasteiger partial charge in [0.1, 0.15) is 5.82 Å². The van der Waals surface area contributed by atoms with Crippen molar-refractivity contribution < 1.29 is 9.18 Å². The summed E-state index contributed by atoms with van der Waals surface area (Å²) >= 11 is 0. The van der Waals surface area contributed by atoms with Crippen molar-refractivity contribution >= 4 is 11.6 Å². The Morgan fingerprint density at radius 3 is 2.56 bits per heavy atom. The summed E-state index contributed by atoms with van der Waals surface area (Å²) in [4.78, 5) is 12.8. The second-order valence-corrected chi connectivity index (χ2v) is 7.28. The van der Waals surface area contributed by atoms with Gasteiger partial charge in [-0.2, -0.15) is 0 Å². The molecule has 3 rings (SSSR count). The summed E-state index contributed by atoms with van der Waals surface area (Å²) in [6, 6.07) is 12.8. The molecule has 1 saturated carbocycles. The fraction of sp³-hybridized carbons (Fsp3) is 0.409. The number of amides is 1. The molecule has 2 atom stereocenters. The van der Waals surface area contributed by atoms with E-state index in [0.717, 1.165) is 30.5 Å². The molecule has 0 saturated heterocycles. The van der Waals surface area contributed by atoms with Crippen molar-refractivity contribution in [3.05, 3.63) is 65.0 Å². The zero-order valence-corrected chi connectivity index (χ0v) is 15.2. The van der Waals surface area contributed by atoms with Crippen LogP contribution in [0.2, 0.25) is 0 Å². The molecule has 2 aromatic carbocycles. The molecule has 2 nitrogen and oxygen atoms in total. The Balaban J connectivity index is 1.76. The number of carbonyl (C=O) groups is 1. The number of rotatable bonds is 6. The summed E-state index contributed by atoms with van der Waals surface area (Å²) in [6.07, 6.45) is 2.85. The zero-order chi connectivity index (χ0) is 18.0. The van der Waals surface area contributed by atoms with E-state index < -0.39 is 0 Å². The molecule has 1 amide bonds. The Morgan fingerprint density at radius 2 is 1.92 bits per heavy atom. The molecule has 3 heteroatoms. The van der Waals surface area contributed by atoms with Gasteiger partial charge in [-0.25, -0.2) is 4.39 Å². The number of hydrogen-bond acceptors (Lipinski definition) is 1. The predicted octanol–water partition coefficient (Wildman–Crippen LogP) is 5.64. The number of aryl methyl sites for hydroxylation is 1. The van der Waals surface area contributed by atoms with Gasteiger partial charge in [0.25, 0.3) is 0 Å². The van der Waals surface area contributed by atoms with Crippen molar-refractivity contribution in [2.75, 3.05) is 5.32 Å². The van der Waals surface area contributed by atoms with Crippen molar-refractivity contribution in [1.29, 1.82) is 0 Å². The van der Waals surface area contributed by atoms with Crippen molar-refractivity contribution in [2.24, 2.45) is 5.92 Å². The van der Waals surface area contributed by atoms with Crippen molar-refractivity contribution in [3.8, 4) is 0 Å². The predicted molar refractivity (Wildman–Crippen MR) is 100 cm³/mol. The van der Waals surface area contributed by atoms with Crippen LogP contribution in [0, 0.1) is 11.7 Å². The van der Waals surface area contributed by atoms with E-state index in [2.05, 4.69) is 44.3 Å². The lowest BCUT2D eigenvalue weighted by Gasteiger charge is -2.18. The number of nitrogens with one attached hydrogen (secondary N) is 1. The molecule has 132 valence electrons. The maximum Gasteiger partial charge on any atom is 0.228 e. The highest BCUT2D eigenvalue weighted by atomic mass is 19.1. The Kier molecular flexibility index (Phi) is 5.22. The lowest BCUT2D eigenvalue weighted by atomic mass is 9.95. The number of hydrogen-bond donors (Lipinski definition) is 1. The molecule has 0 radical (unpaired) electrons. The van der Waals surface area contributed by atoms with Crippen LogP contribution in [0.4, 0.5) is 10.1 Å². The first-order valence-electron chi connectivity index (χ1n) is 9.19. The first kappa shape index (κ1) is 17.7. The van der Waals surface area contributed by atoms with Crippen LogP contribution in [0.15, 0.2) is 42.5 Å². The lowest BCUT2D eigenvalue weighted by Crippen LogP contribution is -2.17. The van der Waals surface area contributed by atoms with Gasteiger partial charge in [-0.05, 0) is 53.5 Å². The van der Waals surface area contributed by atoms with Crippen LogP contribution in [-0.4, -0.2) is 5.91 Å². The highest BCUT2D eigenvalue weighted by Gasteiger charge is 2.44. The molecule has 25 heavy (non-hydrogen) atoms. The van der Waals surface area contributed by atoms with E-state index in [1.807, 2.05) is 0 Å². The second-order valence-electron chi connectivity index (χ2n) is 7.28. The van der Waals surface area contributed by atoms with Crippen LogP contribution in [0.3, 0.4) is 0 Å². The van der Waals surface area contributed by atoms with Crippen molar-refractivity contribution in [3.63, 3.8) is 0 Å². The highest BCUT2D eigenvalue weighted by molar-refractivity contribution is 5.96. The number of benzene rings is 2. The normalized spacial score (nSPS) is 19.1. The lowest BCUT2D eigenvalue weighted by molar-refractivity contribution is -0.117. The van der Waals surface area contributed by atoms with Crippen LogP contribution < -0.4 is 5.32 Å². The summed E-state index contributed by atoms with van der Waals surface area (Å²) in [6.45, 7) is 6.46. The molecule has 1 fully saturated rings. The fourth-order valence-corrected chi connectivity index (χ4v) is 3.51. The molecule has 0 unspecified atom stereocenters. The van der Waals surface area contributed by atoms with Gasteiger partial charge in [-0.15, -0.1) is 0 Å². The van der Waals surface area contributed by atoms with Gasteiger partial charge >= 0.3 is 0 Å². The molecule has 1 N–H and O–H groups in total. The Hall–Kier alpha value is -2.16. The summed E-state index contributed by atoms with van der Waals surface area (Å²) < 4.78 is 13.1. The summed E-state index contributed by atoms with van der Waals surface area (Å²) in [5, 5.41) is 3.21. The number of para-hydroxylation sites is 1.